The van der Waals surface area contributed by atoms with Crippen molar-refractivity contribution in [2.45, 2.75) is 12.1 Å². The Labute approximate surface area is 124 Å². The number of rotatable bonds is 12. The van der Waals surface area contributed by atoms with Gasteiger partial charge in [0.1, 0.15) is 0 Å². The zero-order valence-corrected chi connectivity index (χ0v) is 15.7. The molecule has 20 heavy (non-hydrogen) atoms. The van der Waals surface area contributed by atoms with Crippen molar-refractivity contribution in [1.82, 2.24) is 4.90 Å². The van der Waals surface area contributed by atoms with Gasteiger partial charge in [0.2, 0.25) is 0 Å². The molecule has 0 saturated carbocycles. The van der Waals surface area contributed by atoms with Crippen LogP contribution in [0, 0.1) is 0 Å². The molecule has 0 aromatic heterocycles. The standard InChI is InChI=1S/C11H29NO6Si2/c1-12(8-10-19(13-2,14-3)15-4)9-11-20(16-5,17-6)18-7/h8-11H2,1-7H3. The fourth-order valence-corrected chi connectivity index (χ4v) is 5.42. The van der Waals surface area contributed by atoms with E-state index in [2.05, 4.69) is 4.90 Å². The first-order valence-electron chi connectivity index (χ1n) is 6.46. The Kier molecular flexibility index (Phi) is 10.1. The fraction of sp³-hybridized carbons (Fsp3) is 1.00. The summed E-state index contributed by atoms with van der Waals surface area (Å²) in [6.45, 7) is 1.62. The molecule has 0 aliphatic rings. The van der Waals surface area contributed by atoms with E-state index in [0.717, 1.165) is 25.2 Å². The molecule has 122 valence electrons. The lowest BCUT2D eigenvalue weighted by Crippen LogP contribution is -2.47. The lowest BCUT2D eigenvalue weighted by atomic mass is 10.6. The van der Waals surface area contributed by atoms with Gasteiger partial charge in [0, 0.05) is 67.8 Å². The highest BCUT2D eigenvalue weighted by molar-refractivity contribution is 6.61. The van der Waals surface area contributed by atoms with Gasteiger partial charge in [-0.1, -0.05) is 0 Å². The van der Waals surface area contributed by atoms with Gasteiger partial charge >= 0.3 is 17.6 Å². The van der Waals surface area contributed by atoms with Gasteiger partial charge in [0.05, 0.1) is 0 Å². The highest BCUT2D eigenvalue weighted by Crippen LogP contribution is 2.15. The van der Waals surface area contributed by atoms with Crippen molar-refractivity contribution in [3.05, 3.63) is 0 Å². The molecule has 0 bridgehead atoms. The minimum Gasteiger partial charge on any atom is -0.377 e. The van der Waals surface area contributed by atoms with E-state index in [9.17, 15) is 0 Å². The Morgan fingerprint density at radius 3 is 1.05 bits per heavy atom. The van der Waals surface area contributed by atoms with Gasteiger partial charge in [-0.25, -0.2) is 0 Å². The van der Waals surface area contributed by atoms with Crippen LogP contribution in [0.4, 0.5) is 0 Å². The van der Waals surface area contributed by atoms with Gasteiger partial charge in [-0.2, -0.15) is 0 Å². The van der Waals surface area contributed by atoms with E-state index >= 15 is 0 Å². The van der Waals surface area contributed by atoms with E-state index < -0.39 is 17.6 Å². The van der Waals surface area contributed by atoms with E-state index in [1.165, 1.54) is 0 Å². The predicted octanol–water partition coefficient (Wildman–Crippen LogP) is 0.674. The molecule has 0 spiro atoms. The lowest BCUT2D eigenvalue weighted by molar-refractivity contribution is 0.115. The molecule has 0 heterocycles. The van der Waals surface area contributed by atoms with Crippen molar-refractivity contribution in [2.24, 2.45) is 0 Å². The van der Waals surface area contributed by atoms with Gasteiger partial charge in [0.25, 0.3) is 0 Å². The van der Waals surface area contributed by atoms with Crippen molar-refractivity contribution in [1.29, 1.82) is 0 Å². The second kappa shape index (κ2) is 9.98. The average molecular weight is 328 g/mol. The molecule has 7 nitrogen and oxygen atoms in total. The molecule has 0 atom stereocenters. The molecule has 0 amide bonds. The molecule has 0 saturated heterocycles. The molecule has 0 radical (unpaired) electrons. The fourth-order valence-electron chi connectivity index (χ4n) is 1.88. The average Bonchev–Trinajstić information content (AvgIpc) is 2.51. The number of hydrogen-bond donors (Lipinski definition) is 0. The molecule has 0 fully saturated rings. The molecule has 0 rings (SSSR count). The second-order valence-electron chi connectivity index (χ2n) is 4.39. The van der Waals surface area contributed by atoms with Crippen LogP contribution in [-0.4, -0.2) is 85.3 Å². The summed E-state index contributed by atoms with van der Waals surface area (Å²) in [5.74, 6) is 0. The minimum atomic E-state index is -2.50. The summed E-state index contributed by atoms with van der Waals surface area (Å²) in [4.78, 5) is 2.16. The van der Waals surface area contributed by atoms with Gasteiger partial charge in [-0.3, -0.25) is 0 Å². The van der Waals surface area contributed by atoms with Crippen molar-refractivity contribution >= 4 is 17.6 Å². The smallest absolute Gasteiger partial charge is 0.377 e. The summed E-state index contributed by atoms with van der Waals surface area (Å²) in [7, 11) is 6.76. The summed E-state index contributed by atoms with van der Waals surface area (Å²) in [6, 6.07) is 1.46. The molecule has 0 aromatic rings. The number of hydrogen-bond acceptors (Lipinski definition) is 7. The van der Waals surface area contributed by atoms with E-state index in [0.29, 0.717) is 0 Å². The first kappa shape index (κ1) is 20.2. The zero-order chi connectivity index (χ0) is 15.6. The molecule has 9 heteroatoms. The van der Waals surface area contributed by atoms with Crippen molar-refractivity contribution in [3.63, 3.8) is 0 Å². The van der Waals surface area contributed by atoms with Gasteiger partial charge in [0.15, 0.2) is 0 Å². The third kappa shape index (κ3) is 5.87. The highest BCUT2D eigenvalue weighted by atomic mass is 28.4. The maximum Gasteiger partial charge on any atom is 0.501 e. The van der Waals surface area contributed by atoms with Crippen LogP contribution in [0.5, 0.6) is 0 Å². The summed E-state index contributed by atoms with van der Waals surface area (Å²) in [6.07, 6.45) is 0. The van der Waals surface area contributed by atoms with Gasteiger partial charge in [-0.05, 0) is 7.05 Å². The Morgan fingerprint density at radius 1 is 0.600 bits per heavy atom. The van der Waals surface area contributed by atoms with Crippen LogP contribution < -0.4 is 0 Å². The summed E-state index contributed by atoms with van der Waals surface area (Å²) in [5, 5.41) is 0. The SMILES string of the molecule is CO[Si](CCN(C)CC[Si](OC)(OC)OC)(OC)OC. The van der Waals surface area contributed by atoms with Crippen LogP contribution in [0.3, 0.4) is 0 Å². The third-order valence-corrected chi connectivity index (χ3v) is 8.87. The zero-order valence-electron chi connectivity index (χ0n) is 13.7. The van der Waals surface area contributed by atoms with Gasteiger partial charge in [-0.15, -0.1) is 0 Å². The third-order valence-electron chi connectivity index (χ3n) is 3.47. The first-order valence-corrected chi connectivity index (χ1v) is 10.3. The van der Waals surface area contributed by atoms with Crippen LogP contribution >= 0.6 is 0 Å². The van der Waals surface area contributed by atoms with Crippen LogP contribution in [-0.2, 0) is 26.6 Å². The maximum absolute atomic E-state index is 5.40. The molecule has 0 aliphatic heterocycles. The van der Waals surface area contributed by atoms with Crippen molar-refractivity contribution in [2.75, 3.05) is 62.8 Å². The second-order valence-corrected chi connectivity index (χ2v) is 10.6. The topological polar surface area (TPSA) is 58.6 Å². The maximum atomic E-state index is 5.40. The molecular weight excluding hydrogens is 298 g/mol. The van der Waals surface area contributed by atoms with Gasteiger partial charge < -0.3 is 31.5 Å². The summed E-state index contributed by atoms with van der Waals surface area (Å²) >= 11 is 0. The summed E-state index contributed by atoms with van der Waals surface area (Å²) < 4.78 is 32.4. The number of nitrogens with zero attached hydrogens (tertiary/aromatic N) is 1. The van der Waals surface area contributed by atoms with Crippen LogP contribution in [0.15, 0.2) is 0 Å². The monoisotopic (exact) mass is 327 g/mol. The lowest BCUT2D eigenvalue weighted by Gasteiger charge is -2.29. The molecule has 0 aromatic carbocycles. The Hall–Kier alpha value is 0.154. The quantitative estimate of drug-likeness (QED) is 0.488. The normalized spacial score (nSPS) is 13.2. The van der Waals surface area contributed by atoms with Crippen molar-refractivity contribution in [3.8, 4) is 0 Å². The molecule has 0 unspecified atom stereocenters. The Balaban J connectivity index is 4.26. The largest absolute Gasteiger partial charge is 0.501 e. The van der Waals surface area contributed by atoms with Crippen LogP contribution in [0.2, 0.25) is 12.1 Å². The summed E-state index contributed by atoms with van der Waals surface area (Å²) in [5.41, 5.74) is 0. The van der Waals surface area contributed by atoms with Crippen LogP contribution in [0.1, 0.15) is 0 Å². The predicted molar refractivity (Wildman–Crippen MR) is 80.7 cm³/mol. The van der Waals surface area contributed by atoms with E-state index in [4.69, 9.17) is 26.6 Å². The Morgan fingerprint density at radius 2 is 0.850 bits per heavy atom. The first-order chi connectivity index (χ1) is 9.46. The van der Waals surface area contributed by atoms with E-state index in [-0.39, 0.29) is 0 Å². The van der Waals surface area contributed by atoms with Crippen LogP contribution in [0.25, 0.3) is 0 Å². The van der Waals surface area contributed by atoms with E-state index in [1.54, 1.807) is 42.7 Å². The molecule has 0 aliphatic carbocycles. The minimum absolute atomic E-state index is 0.731. The molecular formula is C11H29NO6Si2. The van der Waals surface area contributed by atoms with E-state index in [1.807, 2.05) is 7.05 Å². The molecule has 0 N–H and O–H groups in total. The Bertz CT molecular complexity index is 211. The van der Waals surface area contributed by atoms with Crippen molar-refractivity contribution < 1.29 is 26.6 Å². The highest BCUT2D eigenvalue weighted by Gasteiger charge is 2.39.